The Morgan fingerprint density at radius 3 is 2.82 bits per heavy atom. The number of nitrogens with two attached hydrogens (primary N) is 1. The molecule has 1 heterocycles. The smallest absolute Gasteiger partial charge is 0.150 e. The summed E-state index contributed by atoms with van der Waals surface area (Å²) >= 11 is 0. The summed E-state index contributed by atoms with van der Waals surface area (Å²) in [5, 5.41) is 8.81. The van der Waals surface area contributed by atoms with Crippen LogP contribution in [0.4, 0.5) is 0 Å². The lowest BCUT2D eigenvalue weighted by atomic mass is 9.92. The van der Waals surface area contributed by atoms with Crippen molar-refractivity contribution in [3.05, 3.63) is 35.4 Å². The first-order valence-electron chi connectivity index (χ1n) is 5.48. The normalized spacial score (nSPS) is 24.1. The van der Waals surface area contributed by atoms with E-state index < -0.39 is 9.84 Å². The molecule has 0 saturated carbocycles. The Hall–Kier alpha value is -1.38. The van der Waals surface area contributed by atoms with Crippen molar-refractivity contribution in [2.24, 2.45) is 11.7 Å². The van der Waals surface area contributed by atoms with Gasteiger partial charge in [-0.05, 0) is 30.0 Å². The molecule has 2 rings (SSSR count). The average molecular weight is 250 g/mol. The summed E-state index contributed by atoms with van der Waals surface area (Å²) in [6, 6.07) is 8.81. The van der Waals surface area contributed by atoms with Crippen molar-refractivity contribution in [2.45, 2.75) is 12.5 Å². The first kappa shape index (κ1) is 12.1. The van der Waals surface area contributed by atoms with Gasteiger partial charge in [0.05, 0.1) is 23.1 Å². The molecule has 1 aliphatic heterocycles. The van der Waals surface area contributed by atoms with Crippen molar-refractivity contribution in [2.75, 3.05) is 11.5 Å². The van der Waals surface area contributed by atoms with E-state index in [4.69, 9.17) is 11.0 Å². The lowest BCUT2D eigenvalue weighted by Crippen LogP contribution is -2.22. The van der Waals surface area contributed by atoms with E-state index in [-0.39, 0.29) is 23.5 Å². The number of nitrogens with zero attached hydrogens (tertiary/aromatic N) is 1. The molecule has 1 aliphatic rings. The summed E-state index contributed by atoms with van der Waals surface area (Å²) in [7, 11) is -2.91. The highest BCUT2D eigenvalue weighted by atomic mass is 32.2. The van der Waals surface area contributed by atoms with Crippen LogP contribution in [-0.4, -0.2) is 19.9 Å². The van der Waals surface area contributed by atoms with Crippen LogP contribution in [0.25, 0.3) is 0 Å². The van der Waals surface area contributed by atoms with Crippen molar-refractivity contribution in [3.63, 3.8) is 0 Å². The molecular formula is C12H14N2O2S. The molecule has 0 aromatic heterocycles. The fourth-order valence-corrected chi connectivity index (χ4v) is 4.05. The lowest BCUT2D eigenvalue weighted by Gasteiger charge is -2.18. The molecule has 4 nitrogen and oxygen atoms in total. The van der Waals surface area contributed by atoms with Gasteiger partial charge in [-0.25, -0.2) is 8.42 Å². The highest BCUT2D eigenvalue weighted by Crippen LogP contribution is 2.29. The lowest BCUT2D eigenvalue weighted by molar-refractivity contribution is 0.480. The average Bonchev–Trinajstić information content (AvgIpc) is 2.69. The van der Waals surface area contributed by atoms with Crippen LogP contribution in [-0.2, 0) is 9.84 Å². The summed E-state index contributed by atoms with van der Waals surface area (Å²) in [6.45, 7) is 0. The highest BCUT2D eigenvalue weighted by molar-refractivity contribution is 7.91. The van der Waals surface area contributed by atoms with Gasteiger partial charge in [-0.2, -0.15) is 5.26 Å². The van der Waals surface area contributed by atoms with Crippen molar-refractivity contribution in [1.29, 1.82) is 5.26 Å². The first-order valence-corrected chi connectivity index (χ1v) is 7.30. The van der Waals surface area contributed by atoms with E-state index in [0.29, 0.717) is 12.0 Å². The van der Waals surface area contributed by atoms with Crippen molar-refractivity contribution in [3.8, 4) is 6.07 Å². The summed E-state index contributed by atoms with van der Waals surface area (Å²) < 4.78 is 22.8. The second-order valence-corrected chi connectivity index (χ2v) is 6.65. The topological polar surface area (TPSA) is 83.9 Å². The molecule has 2 unspecified atom stereocenters. The molecule has 1 fully saturated rings. The van der Waals surface area contributed by atoms with Crippen LogP contribution in [0.15, 0.2) is 24.3 Å². The summed E-state index contributed by atoms with van der Waals surface area (Å²) in [6.07, 6.45) is 0.611. The maximum absolute atomic E-state index is 11.4. The zero-order chi connectivity index (χ0) is 12.5. The molecule has 1 aromatic carbocycles. The maximum Gasteiger partial charge on any atom is 0.150 e. The van der Waals surface area contributed by atoms with Gasteiger partial charge in [-0.15, -0.1) is 0 Å². The summed E-state index contributed by atoms with van der Waals surface area (Å²) in [4.78, 5) is 0. The van der Waals surface area contributed by atoms with Gasteiger partial charge in [0, 0.05) is 6.04 Å². The van der Waals surface area contributed by atoms with Gasteiger partial charge >= 0.3 is 0 Å². The summed E-state index contributed by atoms with van der Waals surface area (Å²) in [5.41, 5.74) is 7.46. The molecular weight excluding hydrogens is 236 g/mol. The Bertz CT molecular complexity index is 560. The van der Waals surface area contributed by atoms with E-state index in [1.165, 1.54) is 0 Å². The molecule has 0 amide bonds. The molecule has 2 atom stereocenters. The highest BCUT2D eigenvalue weighted by Gasteiger charge is 2.32. The van der Waals surface area contributed by atoms with E-state index in [1.807, 2.05) is 6.07 Å². The van der Waals surface area contributed by atoms with Gasteiger partial charge in [0.25, 0.3) is 0 Å². The van der Waals surface area contributed by atoms with Gasteiger partial charge in [0.1, 0.15) is 0 Å². The largest absolute Gasteiger partial charge is 0.324 e. The van der Waals surface area contributed by atoms with E-state index in [0.717, 1.165) is 5.56 Å². The molecule has 0 bridgehead atoms. The number of hydrogen-bond acceptors (Lipinski definition) is 4. The predicted molar refractivity (Wildman–Crippen MR) is 64.8 cm³/mol. The second kappa shape index (κ2) is 4.47. The van der Waals surface area contributed by atoms with Gasteiger partial charge in [0.15, 0.2) is 9.84 Å². The van der Waals surface area contributed by atoms with Crippen LogP contribution in [0.2, 0.25) is 0 Å². The zero-order valence-corrected chi connectivity index (χ0v) is 10.2. The standard InChI is InChI=1S/C12H14N2O2S/c13-7-9-2-1-3-10(6-9)12(14)11-4-5-17(15,16)8-11/h1-3,6,11-12H,4-5,8,14H2. The maximum atomic E-state index is 11.4. The van der Waals surface area contributed by atoms with Gasteiger partial charge in [0.2, 0.25) is 0 Å². The Kier molecular flexibility index (Phi) is 3.18. The van der Waals surface area contributed by atoms with Gasteiger partial charge in [-0.3, -0.25) is 0 Å². The molecule has 17 heavy (non-hydrogen) atoms. The van der Waals surface area contributed by atoms with Crippen LogP contribution in [0.1, 0.15) is 23.6 Å². The van der Waals surface area contributed by atoms with E-state index in [1.54, 1.807) is 18.2 Å². The van der Waals surface area contributed by atoms with Crippen LogP contribution in [0, 0.1) is 17.2 Å². The predicted octanol–water partition coefficient (Wildman–Crippen LogP) is 0.993. The third-order valence-corrected chi connectivity index (χ3v) is 4.97. The zero-order valence-electron chi connectivity index (χ0n) is 9.33. The van der Waals surface area contributed by atoms with Crippen LogP contribution in [0.5, 0.6) is 0 Å². The molecule has 0 spiro atoms. The third-order valence-electron chi connectivity index (χ3n) is 3.18. The minimum atomic E-state index is -2.91. The fourth-order valence-electron chi connectivity index (χ4n) is 2.19. The number of rotatable bonds is 2. The van der Waals surface area contributed by atoms with Crippen LogP contribution < -0.4 is 5.73 Å². The molecule has 0 radical (unpaired) electrons. The summed E-state index contributed by atoms with van der Waals surface area (Å²) in [5.74, 6) is 0.350. The Morgan fingerprint density at radius 1 is 1.47 bits per heavy atom. The number of benzene rings is 1. The molecule has 1 saturated heterocycles. The van der Waals surface area contributed by atoms with E-state index in [9.17, 15) is 8.42 Å². The first-order chi connectivity index (χ1) is 8.02. The Balaban J connectivity index is 2.20. The molecule has 1 aromatic rings. The molecule has 0 aliphatic carbocycles. The third kappa shape index (κ3) is 2.65. The van der Waals surface area contributed by atoms with E-state index in [2.05, 4.69) is 6.07 Å². The SMILES string of the molecule is N#Cc1cccc(C(N)C2CCS(=O)(=O)C2)c1. The number of sulfone groups is 1. The monoisotopic (exact) mass is 250 g/mol. The van der Waals surface area contributed by atoms with Gasteiger partial charge < -0.3 is 5.73 Å². The van der Waals surface area contributed by atoms with E-state index >= 15 is 0 Å². The second-order valence-electron chi connectivity index (χ2n) is 4.43. The number of hydrogen-bond donors (Lipinski definition) is 1. The van der Waals surface area contributed by atoms with Gasteiger partial charge in [-0.1, -0.05) is 12.1 Å². The number of nitriles is 1. The molecule has 5 heteroatoms. The van der Waals surface area contributed by atoms with Crippen LogP contribution >= 0.6 is 0 Å². The van der Waals surface area contributed by atoms with Crippen molar-refractivity contribution >= 4 is 9.84 Å². The fraction of sp³-hybridized carbons (Fsp3) is 0.417. The Labute approximate surface area is 101 Å². The van der Waals surface area contributed by atoms with Crippen molar-refractivity contribution in [1.82, 2.24) is 0 Å². The minimum Gasteiger partial charge on any atom is -0.324 e. The quantitative estimate of drug-likeness (QED) is 0.848. The Morgan fingerprint density at radius 2 is 2.24 bits per heavy atom. The molecule has 2 N–H and O–H groups in total. The van der Waals surface area contributed by atoms with Crippen LogP contribution in [0.3, 0.4) is 0 Å². The molecule has 90 valence electrons. The minimum absolute atomic E-state index is 0.0334. The van der Waals surface area contributed by atoms with Crippen molar-refractivity contribution < 1.29 is 8.42 Å².